The van der Waals surface area contributed by atoms with Crippen LogP contribution in [0.2, 0.25) is 0 Å². The van der Waals surface area contributed by atoms with E-state index in [0.717, 1.165) is 6.08 Å². The number of hydrogen-bond acceptors (Lipinski definition) is 5. The van der Waals surface area contributed by atoms with Gasteiger partial charge in [0.25, 0.3) is 5.69 Å². The van der Waals surface area contributed by atoms with Crippen molar-refractivity contribution in [1.82, 2.24) is 0 Å². The highest BCUT2D eigenvalue weighted by molar-refractivity contribution is 6.02. The summed E-state index contributed by atoms with van der Waals surface area (Å²) in [7, 11) is 0. The van der Waals surface area contributed by atoms with Crippen LogP contribution in [0.5, 0.6) is 5.75 Å². The Kier molecular flexibility index (Phi) is 5.98. The van der Waals surface area contributed by atoms with Crippen LogP contribution in [0.3, 0.4) is 0 Å². The maximum Gasteiger partial charge on any atom is 0.387 e. The fraction of sp³-hybridized carbons (Fsp3) is 0.0500. The standard InChI is InChI=1S/C20H14F2N2O5/c21-20(22)29-18-8-4-2-6-15(18)23-19(25)12-10-13-9-11-17(28-13)14-5-1-3-7-16(14)24(26)27/h1-12,20H,(H,23,25)/b12-10+. The van der Waals surface area contributed by atoms with Gasteiger partial charge in [-0.25, -0.2) is 0 Å². The second-order valence-corrected chi connectivity index (χ2v) is 5.67. The van der Waals surface area contributed by atoms with Crippen molar-refractivity contribution in [1.29, 1.82) is 0 Å². The lowest BCUT2D eigenvalue weighted by Gasteiger charge is -2.10. The van der Waals surface area contributed by atoms with Gasteiger partial charge in [-0.15, -0.1) is 0 Å². The number of halogens is 2. The van der Waals surface area contributed by atoms with Crippen LogP contribution in [0.4, 0.5) is 20.2 Å². The molecule has 0 spiro atoms. The number of para-hydroxylation sites is 3. The molecule has 0 aliphatic carbocycles. The molecular formula is C20H14F2N2O5. The van der Waals surface area contributed by atoms with Crippen LogP contribution < -0.4 is 10.1 Å². The Morgan fingerprint density at radius 1 is 1.10 bits per heavy atom. The van der Waals surface area contributed by atoms with Gasteiger partial charge in [0.05, 0.1) is 16.2 Å². The molecule has 148 valence electrons. The van der Waals surface area contributed by atoms with Crippen LogP contribution in [0.15, 0.2) is 71.2 Å². The number of carbonyl (C=O) groups excluding carboxylic acids is 1. The number of hydrogen-bond donors (Lipinski definition) is 1. The van der Waals surface area contributed by atoms with Crippen molar-refractivity contribution in [2.24, 2.45) is 0 Å². The number of nitrogens with one attached hydrogen (secondary N) is 1. The first-order valence-corrected chi connectivity index (χ1v) is 8.30. The van der Waals surface area contributed by atoms with E-state index in [0.29, 0.717) is 5.56 Å². The van der Waals surface area contributed by atoms with Crippen LogP contribution >= 0.6 is 0 Å². The van der Waals surface area contributed by atoms with Gasteiger partial charge in [-0.05, 0) is 36.4 Å². The predicted octanol–water partition coefficient (Wildman–Crippen LogP) is 5.11. The summed E-state index contributed by atoms with van der Waals surface area (Å²) in [5, 5.41) is 13.6. The highest BCUT2D eigenvalue weighted by Gasteiger charge is 2.17. The van der Waals surface area contributed by atoms with Crippen molar-refractivity contribution in [3.05, 3.63) is 82.6 Å². The summed E-state index contributed by atoms with van der Waals surface area (Å²) >= 11 is 0. The lowest BCUT2D eigenvalue weighted by atomic mass is 10.1. The third-order valence-corrected chi connectivity index (χ3v) is 3.75. The molecule has 9 heteroatoms. The molecule has 1 amide bonds. The molecule has 1 heterocycles. The number of furan rings is 1. The Balaban J connectivity index is 1.72. The van der Waals surface area contributed by atoms with Crippen LogP contribution in [-0.4, -0.2) is 17.4 Å². The minimum absolute atomic E-state index is 0.0856. The van der Waals surface area contributed by atoms with Crippen molar-refractivity contribution in [2.45, 2.75) is 6.61 Å². The Morgan fingerprint density at radius 3 is 2.59 bits per heavy atom. The summed E-state index contributed by atoms with van der Waals surface area (Å²) in [5.41, 5.74) is 0.285. The van der Waals surface area contributed by atoms with Gasteiger partial charge in [-0.2, -0.15) is 8.78 Å². The summed E-state index contributed by atoms with van der Waals surface area (Å²) in [6.45, 7) is -3.02. The highest BCUT2D eigenvalue weighted by atomic mass is 19.3. The molecule has 0 bridgehead atoms. The first kappa shape index (κ1) is 19.7. The zero-order valence-electron chi connectivity index (χ0n) is 14.7. The maximum absolute atomic E-state index is 12.4. The average Bonchev–Trinajstić information content (AvgIpc) is 3.16. The number of ether oxygens (including phenoxy) is 1. The van der Waals surface area contributed by atoms with E-state index < -0.39 is 17.4 Å². The number of anilines is 1. The van der Waals surface area contributed by atoms with Crippen molar-refractivity contribution < 1.29 is 27.7 Å². The van der Waals surface area contributed by atoms with Crippen molar-refractivity contribution >= 4 is 23.4 Å². The molecule has 0 atom stereocenters. The van der Waals surface area contributed by atoms with Gasteiger partial charge in [0.15, 0.2) is 0 Å². The fourth-order valence-electron chi connectivity index (χ4n) is 2.53. The molecular weight excluding hydrogens is 386 g/mol. The molecule has 1 N–H and O–H groups in total. The maximum atomic E-state index is 12.4. The zero-order chi connectivity index (χ0) is 20.8. The van der Waals surface area contributed by atoms with Gasteiger partial charge in [0, 0.05) is 12.1 Å². The molecule has 7 nitrogen and oxygen atoms in total. The van der Waals surface area contributed by atoms with E-state index in [-0.39, 0.29) is 28.6 Å². The lowest BCUT2D eigenvalue weighted by Crippen LogP contribution is -2.11. The molecule has 0 saturated carbocycles. The Labute approximate surface area is 163 Å². The monoisotopic (exact) mass is 400 g/mol. The van der Waals surface area contributed by atoms with Crippen LogP contribution in [0.1, 0.15) is 5.76 Å². The summed E-state index contributed by atoms with van der Waals surface area (Å²) < 4.78 is 34.7. The SMILES string of the molecule is O=C(/C=C/c1ccc(-c2ccccc2[N+](=O)[O-])o1)Nc1ccccc1OC(F)F. The number of rotatable bonds is 7. The molecule has 0 fully saturated rings. The van der Waals surface area contributed by atoms with Crippen LogP contribution in [0, 0.1) is 10.1 Å². The number of carbonyl (C=O) groups is 1. The molecule has 0 unspecified atom stereocenters. The molecule has 29 heavy (non-hydrogen) atoms. The van der Waals surface area contributed by atoms with E-state index >= 15 is 0 Å². The van der Waals surface area contributed by atoms with E-state index in [2.05, 4.69) is 10.1 Å². The summed E-state index contributed by atoms with van der Waals surface area (Å²) in [4.78, 5) is 22.7. The quantitative estimate of drug-likeness (QED) is 0.338. The second kappa shape index (κ2) is 8.79. The van der Waals surface area contributed by atoms with Gasteiger partial charge in [-0.1, -0.05) is 24.3 Å². The van der Waals surface area contributed by atoms with Crippen LogP contribution in [0.25, 0.3) is 17.4 Å². The van der Waals surface area contributed by atoms with Crippen LogP contribution in [-0.2, 0) is 4.79 Å². The van der Waals surface area contributed by atoms with Gasteiger partial charge in [0.1, 0.15) is 17.3 Å². The summed E-state index contributed by atoms with van der Waals surface area (Å²) in [5.74, 6) is -0.210. The average molecular weight is 400 g/mol. The van der Waals surface area contributed by atoms with Gasteiger partial charge >= 0.3 is 6.61 Å². The number of amides is 1. The Bertz CT molecular complexity index is 1060. The third-order valence-electron chi connectivity index (χ3n) is 3.75. The van der Waals surface area contributed by atoms with Gasteiger partial charge in [0.2, 0.25) is 5.91 Å². The van der Waals surface area contributed by atoms with Gasteiger partial charge < -0.3 is 14.5 Å². The summed E-state index contributed by atoms with van der Waals surface area (Å²) in [6, 6.07) is 15.0. The van der Waals surface area contributed by atoms with Crippen molar-refractivity contribution in [2.75, 3.05) is 5.32 Å². The minimum Gasteiger partial charge on any atom is -0.456 e. The molecule has 0 aliphatic heterocycles. The number of nitro benzene ring substituents is 1. The molecule has 0 radical (unpaired) electrons. The predicted molar refractivity (Wildman–Crippen MR) is 102 cm³/mol. The minimum atomic E-state index is -3.02. The second-order valence-electron chi connectivity index (χ2n) is 5.67. The van der Waals surface area contributed by atoms with E-state index in [1.807, 2.05) is 0 Å². The fourth-order valence-corrected chi connectivity index (χ4v) is 2.53. The first-order valence-electron chi connectivity index (χ1n) is 8.30. The van der Waals surface area contributed by atoms with Gasteiger partial charge in [-0.3, -0.25) is 14.9 Å². The highest BCUT2D eigenvalue weighted by Crippen LogP contribution is 2.31. The van der Waals surface area contributed by atoms with E-state index in [9.17, 15) is 23.7 Å². The topological polar surface area (TPSA) is 94.6 Å². The molecule has 0 saturated heterocycles. The number of alkyl halides is 2. The summed E-state index contributed by atoms with van der Waals surface area (Å²) in [6.07, 6.45) is 2.49. The number of nitrogens with zero attached hydrogens (tertiary/aromatic N) is 1. The van der Waals surface area contributed by atoms with E-state index in [1.54, 1.807) is 36.4 Å². The molecule has 0 aliphatic rings. The Morgan fingerprint density at radius 2 is 1.83 bits per heavy atom. The normalized spacial score (nSPS) is 11.0. The molecule has 3 rings (SSSR count). The number of nitro groups is 1. The lowest BCUT2D eigenvalue weighted by molar-refractivity contribution is -0.384. The third kappa shape index (κ3) is 5.04. The first-order chi connectivity index (χ1) is 13.9. The Hall–Kier alpha value is -4.01. The largest absolute Gasteiger partial charge is 0.456 e. The zero-order valence-corrected chi connectivity index (χ0v) is 14.7. The van der Waals surface area contributed by atoms with Crippen molar-refractivity contribution in [3.63, 3.8) is 0 Å². The molecule has 1 aromatic heterocycles. The van der Waals surface area contributed by atoms with E-state index in [1.165, 1.54) is 30.3 Å². The molecule has 3 aromatic rings. The number of benzene rings is 2. The molecule has 2 aromatic carbocycles. The van der Waals surface area contributed by atoms with Crippen molar-refractivity contribution in [3.8, 4) is 17.1 Å². The van der Waals surface area contributed by atoms with E-state index in [4.69, 9.17) is 4.42 Å². The smallest absolute Gasteiger partial charge is 0.387 e.